The van der Waals surface area contributed by atoms with E-state index in [4.69, 9.17) is 21.3 Å². The molecule has 1 aromatic carbocycles. The third-order valence-corrected chi connectivity index (χ3v) is 4.72. The van der Waals surface area contributed by atoms with E-state index in [9.17, 15) is 0 Å². The average Bonchev–Trinajstić information content (AvgIpc) is 2.79. The van der Waals surface area contributed by atoms with Gasteiger partial charge < -0.3 is 14.2 Å². The Balaban J connectivity index is 1.79. The molecule has 24 heavy (non-hydrogen) atoms. The molecule has 4 rings (SSSR count). The number of anilines is 1. The number of para-hydroxylation sites is 2. The number of ether oxygens (including phenoxy) is 1. The zero-order valence-corrected chi connectivity index (χ0v) is 14.3. The Labute approximate surface area is 145 Å². The molecule has 2 aromatic heterocycles. The third kappa shape index (κ3) is 2.74. The molecule has 3 aromatic rings. The lowest BCUT2D eigenvalue weighted by molar-refractivity contribution is 0.152. The number of benzene rings is 1. The maximum Gasteiger partial charge on any atom is 0.142 e. The van der Waals surface area contributed by atoms with Crippen molar-refractivity contribution in [3.8, 4) is 11.4 Å². The minimum absolute atomic E-state index is 0.614. The van der Waals surface area contributed by atoms with Gasteiger partial charge in [0.1, 0.15) is 11.6 Å². The molecular weight excluding hydrogens is 324 g/mol. The van der Waals surface area contributed by atoms with Crippen LogP contribution in [0.2, 0.25) is 5.02 Å². The molecular formula is C18H19ClN4O. The first-order chi connectivity index (χ1) is 11.7. The molecule has 1 fully saturated rings. The molecule has 0 atom stereocenters. The predicted octanol–water partition coefficient (Wildman–Crippen LogP) is 3.52. The van der Waals surface area contributed by atoms with Crippen LogP contribution in [0.1, 0.15) is 6.42 Å². The van der Waals surface area contributed by atoms with Gasteiger partial charge in [0.15, 0.2) is 0 Å². The highest BCUT2D eigenvalue weighted by molar-refractivity contribution is 6.33. The molecule has 1 aliphatic heterocycles. The number of hydrogen-bond acceptors (Lipinski definition) is 4. The van der Waals surface area contributed by atoms with Crippen LogP contribution >= 0.6 is 11.6 Å². The molecule has 0 saturated carbocycles. The predicted molar refractivity (Wildman–Crippen MR) is 96.6 cm³/mol. The number of rotatable bonds is 2. The first kappa shape index (κ1) is 15.4. The summed E-state index contributed by atoms with van der Waals surface area (Å²) in [7, 11) is 2.01. The summed E-state index contributed by atoms with van der Waals surface area (Å²) in [5.41, 5.74) is 2.96. The SMILES string of the molecule is Cn1c(-c2cc(N3CCCOCC3)ncc2Cl)nc2ccccc21. The van der Waals surface area contributed by atoms with Gasteiger partial charge in [-0.1, -0.05) is 23.7 Å². The number of fused-ring (bicyclic) bond motifs is 1. The summed E-state index contributed by atoms with van der Waals surface area (Å²) in [6.45, 7) is 3.32. The van der Waals surface area contributed by atoms with E-state index in [1.807, 2.05) is 31.3 Å². The second-order valence-corrected chi connectivity index (χ2v) is 6.37. The van der Waals surface area contributed by atoms with Gasteiger partial charge in [-0.3, -0.25) is 0 Å². The Morgan fingerprint density at radius 3 is 2.92 bits per heavy atom. The van der Waals surface area contributed by atoms with E-state index < -0.39 is 0 Å². The van der Waals surface area contributed by atoms with Crippen LogP contribution in [-0.4, -0.2) is 40.8 Å². The largest absolute Gasteiger partial charge is 0.380 e. The highest BCUT2D eigenvalue weighted by atomic mass is 35.5. The van der Waals surface area contributed by atoms with Crippen molar-refractivity contribution < 1.29 is 4.74 Å². The maximum atomic E-state index is 6.44. The molecule has 0 unspecified atom stereocenters. The number of aryl methyl sites for hydroxylation is 1. The van der Waals surface area contributed by atoms with E-state index in [0.29, 0.717) is 5.02 Å². The van der Waals surface area contributed by atoms with Gasteiger partial charge in [-0.15, -0.1) is 0 Å². The van der Waals surface area contributed by atoms with Crippen molar-refractivity contribution in [2.45, 2.75) is 6.42 Å². The molecule has 0 spiro atoms. The molecule has 0 aliphatic carbocycles. The average molecular weight is 343 g/mol. The van der Waals surface area contributed by atoms with Crippen LogP contribution in [0.25, 0.3) is 22.4 Å². The fraction of sp³-hybridized carbons (Fsp3) is 0.333. The Morgan fingerprint density at radius 2 is 2.04 bits per heavy atom. The zero-order valence-electron chi connectivity index (χ0n) is 13.6. The Bertz CT molecular complexity index is 869. The van der Waals surface area contributed by atoms with Crippen LogP contribution in [-0.2, 0) is 11.8 Å². The highest BCUT2D eigenvalue weighted by Gasteiger charge is 2.17. The number of hydrogen-bond donors (Lipinski definition) is 0. The van der Waals surface area contributed by atoms with Crippen LogP contribution in [0, 0.1) is 0 Å². The van der Waals surface area contributed by atoms with Gasteiger partial charge in [0, 0.05) is 38.5 Å². The third-order valence-electron chi connectivity index (χ3n) is 4.42. The lowest BCUT2D eigenvalue weighted by Crippen LogP contribution is -2.26. The molecule has 1 saturated heterocycles. The van der Waals surface area contributed by atoms with Crippen molar-refractivity contribution in [3.05, 3.63) is 41.6 Å². The van der Waals surface area contributed by atoms with Gasteiger partial charge in [0.2, 0.25) is 0 Å². The Kier molecular flexibility index (Phi) is 4.12. The summed E-state index contributed by atoms with van der Waals surface area (Å²) in [4.78, 5) is 11.5. The van der Waals surface area contributed by atoms with Gasteiger partial charge in [-0.05, 0) is 24.6 Å². The van der Waals surface area contributed by atoms with E-state index in [1.54, 1.807) is 6.20 Å². The summed E-state index contributed by atoms with van der Waals surface area (Å²) in [6, 6.07) is 10.1. The molecule has 3 heterocycles. The second kappa shape index (κ2) is 6.42. The lowest BCUT2D eigenvalue weighted by atomic mass is 10.2. The first-order valence-corrected chi connectivity index (χ1v) is 8.52. The van der Waals surface area contributed by atoms with Gasteiger partial charge >= 0.3 is 0 Å². The van der Waals surface area contributed by atoms with Gasteiger partial charge in [0.25, 0.3) is 0 Å². The first-order valence-electron chi connectivity index (χ1n) is 8.14. The summed E-state index contributed by atoms with van der Waals surface area (Å²) in [5, 5.41) is 0.614. The number of halogens is 1. The van der Waals surface area contributed by atoms with E-state index in [1.165, 1.54) is 0 Å². The van der Waals surface area contributed by atoms with E-state index >= 15 is 0 Å². The quantitative estimate of drug-likeness (QED) is 0.714. The molecule has 1 aliphatic rings. The van der Waals surface area contributed by atoms with Crippen molar-refractivity contribution in [3.63, 3.8) is 0 Å². The lowest BCUT2D eigenvalue weighted by Gasteiger charge is -2.21. The summed E-state index contributed by atoms with van der Waals surface area (Å²) in [6.07, 6.45) is 2.73. The maximum absolute atomic E-state index is 6.44. The molecule has 124 valence electrons. The smallest absolute Gasteiger partial charge is 0.142 e. The van der Waals surface area contributed by atoms with Gasteiger partial charge in [-0.2, -0.15) is 0 Å². The van der Waals surface area contributed by atoms with E-state index in [2.05, 4.69) is 20.5 Å². The Hall–Kier alpha value is -2.11. The number of aromatic nitrogens is 3. The van der Waals surface area contributed by atoms with Gasteiger partial charge in [0.05, 0.1) is 22.7 Å². The van der Waals surface area contributed by atoms with Crippen molar-refractivity contribution in [1.82, 2.24) is 14.5 Å². The van der Waals surface area contributed by atoms with Crippen LogP contribution in [0.15, 0.2) is 36.5 Å². The fourth-order valence-electron chi connectivity index (χ4n) is 3.13. The molecule has 0 radical (unpaired) electrons. The van der Waals surface area contributed by atoms with Crippen molar-refractivity contribution >= 4 is 28.5 Å². The molecule has 5 nitrogen and oxygen atoms in total. The van der Waals surface area contributed by atoms with Crippen LogP contribution in [0.5, 0.6) is 0 Å². The highest BCUT2D eigenvalue weighted by Crippen LogP contribution is 2.31. The van der Waals surface area contributed by atoms with Gasteiger partial charge in [-0.25, -0.2) is 9.97 Å². The minimum Gasteiger partial charge on any atom is -0.380 e. The number of imidazole rings is 1. The zero-order chi connectivity index (χ0) is 16.5. The monoisotopic (exact) mass is 342 g/mol. The molecule has 6 heteroatoms. The van der Waals surface area contributed by atoms with Crippen LogP contribution in [0.3, 0.4) is 0 Å². The van der Waals surface area contributed by atoms with E-state index in [-0.39, 0.29) is 0 Å². The molecule has 0 N–H and O–H groups in total. The number of pyridine rings is 1. The standard InChI is InChI=1S/C18H19ClN4O/c1-22-16-6-3-2-5-15(16)21-18(22)13-11-17(20-12-14(13)19)23-7-4-9-24-10-8-23/h2-3,5-6,11-12H,4,7-10H2,1H3. The summed E-state index contributed by atoms with van der Waals surface area (Å²) < 4.78 is 7.61. The molecule has 0 amide bonds. The molecule has 0 bridgehead atoms. The Morgan fingerprint density at radius 1 is 1.17 bits per heavy atom. The normalized spacial score (nSPS) is 15.7. The topological polar surface area (TPSA) is 43.2 Å². The van der Waals surface area contributed by atoms with Crippen LogP contribution in [0.4, 0.5) is 5.82 Å². The van der Waals surface area contributed by atoms with Crippen molar-refractivity contribution in [2.75, 3.05) is 31.2 Å². The fourth-order valence-corrected chi connectivity index (χ4v) is 3.32. The second-order valence-electron chi connectivity index (χ2n) is 5.96. The number of nitrogens with zero attached hydrogens (tertiary/aromatic N) is 4. The van der Waals surface area contributed by atoms with E-state index in [0.717, 1.165) is 61.0 Å². The van der Waals surface area contributed by atoms with Crippen LogP contribution < -0.4 is 4.90 Å². The summed E-state index contributed by atoms with van der Waals surface area (Å²) >= 11 is 6.44. The minimum atomic E-state index is 0.614. The van der Waals surface area contributed by atoms with Crippen molar-refractivity contribution in [1.29, 1.82) is 0 Å². The summed E-state index contributed by atoms with van der Waals surface area (Å²) in [5.74, 6) is 1.78. The van der Waals surface area contributed by atoms with Crippen molar-refractivity contribution in [2.24, 2.45) is 7.05 Å².